The highest BCUT2D eigenvalue weighted by atomic mass is 16.5. The topological polar surface area (TPSA) is 76.6 Å². The van der Waals surface area contributed by atoms with Gasteiger partial charge in [0.05, 0.1) is 25.0 Å². The lowest BCUT2D eigenvalue weighted by molar-refractivity contribution is 0.0858. The van der Waals surface area contributed by atoms with Crippen molar-refractivity contribution in [3.05, 3.63) is 77.7 Å². The molecular formula is C27H30N4O3. The van der Waals surface area contributed by atoms with Crippen molar-refractivity contribution in [1.82, 2.24) is 15.3 Å². The maximum absolute atomic E-state index is 12.4. The van der Waals surface area contributed by atoms with E-state index < -0.39 is 0 Å². The number of ether oxygens (including phenoxy) is 2. The lowest BCUT2D eigenvalue weighted by Gasteiger charge is -2.28. The van der Waals surface area contributed by atoms with Gasteiger partial charge in [0, 0.05) is 55.7 Å². The first-order valence-corrected chi connectivity index (χ1v) is 12.0. The fraction of sp³-hybridized carbons (Fsp3) is 0.370. The van der Waals surface area contributed by atoms with Crippen LogP contribution in [0.4, 0.5) is 5.69 Å². The first kappa shape index (κ1) is 22.5. The van der Waals surface area contributed by atoms with Gasteiger partial charge in [0.1, 0.15) is 5.82 Å². The van der Waals surface area contributed by atoms with Crippen LogP contribution >= 0.6 is 0 Å². The number of anilines is 1. The van der Waals surface area contributed by atoms with Crippen molar-refractivity contribution >= 4 is 11.6 Å². The van der Waals surface area contributed by atoms with Crippen molar-refractivity contribution in [3.63, 3.8) is 0 Å². The van der Waals surface area contributed by atoms with Crippen molar-refractivity contribution in [1.29, 1.82) is 0 Å². The standard InChI is InChI=1S/C27H30N4O3/c32-27(29-19-24-2-1-15-34-24)22-7-5-21(6-8-22)25-11-12-28-26(30-25)18-20-3-9-23(10-4-20)31-13-16-33-17-14-31/h3-12,24H,1-2,13-19H2,(H,29,32). The molecule has 2 aromatic carbocycles. The van der Waals surface area contributed by atoms with Gasteiger partial charge < -0.3 is 19.7 Å². The molecular weight excluding hydrogens is 428 g/mol. The number of hydrogen-bond donors (Lipinski definition) is 1. The molecule has 3 aromatic rings. The third-order valence-corrected chi connectivity index (χ3v) is 6.34. The lowest BCUT2D eigenvalue weighted by atomic mass is 10.1. The summed E-state index contributed by atoms with van der Waals surface area (Å²) in [6.45, 7) is 4.77. The third-order valence-electron chi connectivity index (χ3n) is 6.34. The first-order valence-electron chi connectivity index (χ1n) is 12.0. The Morgan fingerprint density at radius 1 is 1.00 bits per heavy atom. The molecule has 1 aromatic heterocycles. The van der Waals surface area contributed by atoms with E-state index in [1.807, 2.05) is 30.3 Å². The molecule has 2 aliphatic rings. The molecule has 1 unspecified atom stereocenters. The maximum atomic E-state index is 12.4. The lowest BCUT2D eigenvalue weighted by Crippen LogP contribution is -2.36. The minimum atomic E-state index is -0.0778. The number of morpholine rings is 1. The van der Waals surface area contributed by atoms with Crippen molar-refractivity contribution in [2.24, 2.45) is 0 Å². The molecule has 34 heavy (non-hydrogen) atoms. The van der Waals surface area contributed by atoms with Gasteiger partial charge >= 0.3 is 0 Å². The van der Waals surface area contributed by atoms with Crippen LogP contribution < -0.4 is 10.2 Å². The number of nitrogens with zero attached hydrogens (tertiary/aromatic N) is 3. The molecule has 0 spiro atoms. The predicted molar refractivity (Wildman–Crippen MR) is 131 cm³/mol. The minimum Gasteiger partial charge on any atom is -0.378 e. The van der Waals surface area contributed by atoms with Gasteiger partial charge in [-0.1, -0.05) is 24.3 Å². The Bertz CT molecular complexity index is 1090. The van der Waals surface area contributed by atoms with Crippen molar-refractivity contribution < 1.29 is 14.3 Å². The van der Waals surface area contributed by atoms with Crippen LogP contribution in [0.25, 0.3) is 11.3 Å². The van der Waals surface area contributed by atoms with Gasteiger partial charge in [0.15, 0.2) is 0 Å². The van der Waals surface area contributed by atoms with E-state index in [2.05, 4.69) is 39.5 Å². The molecule has 2 saturated heterocycles. The van der Waals surface area contributed by atoms with E-state index in [0.717, 1.165) is 62.8 Å². The summed E-state index contributed by atoms with van der Waals surface area (Å²) in [6, 6.07) is 18.1. The summed E-state index contributed by atoms with van der Waals surface area (Å²) in [5, 5.41) is 2.96. The molecule has 1 N–H and O–H groups in total. The Morgan fingerprint density at radius 3 is 2.53 bits per heavy atom. The van der Waals surface area contributed by atoms with Crippen LogP contribution in [0.1, 0.15) is 34.6 Å². The van der Waals surface area contributed by atoms with E-state index in [1.165, 1.54) is 11.3 Å². The number of carbonyl (C=O) groups excluding carboxylic acids is 1. The van der Waals surface area contributed by atoms with Crippen LogP contribution in [0.2, 0.25) is 0 Å². The molecule has 0 aliphatic carbocycles. The van der Waals surface area contributed by atoms with Gasteiger partial charge in [-0.25, -0.2) is 9.97 Å². The average molecular weight is 459 g/mol. The normalized spacial score (nSPS) is 18.1. The fourth-order valence-electron chi connectivity index (χ4n) is 4.38. The second-order valence-electron chi connectivity index (χ2n) is 8.72. The summed E-state index contributed by atoms with van der Waals surface area (Å²) in [4.78, 5) is 24.0. The van der Waals surface area contributed by atoms with Gasteiger partial charge in [-0.15, -0.1) is 0 Å². The summed E-state index contributed by atoms with van der Waals surface area (Å²) < 4.78 is 11.0. The molecule has 3 heterocycles. The zero-order chi connectivity index (χ0) is 23.2. The monoisotopic (exact) mass is 458 g/mol. The van der Waals surface area contributed by atoms with Gasteiger partial charge in [-0.3, -0.25) is 4.79 Å². The zero-order valence-corrected chi connectivity index (χ0v) is 19.3. The number of carbonyl (C=O) groups is 1. The number of hydrogen-bond acceptors (Lipinski definition) is 6. The van der Waals surface area contributed by atoms with Crippen LogP contribution in [-0.4, -0.2) is 61.4 Å². The fourth-order valence-corrected chi connectivity index (χ4v) is 4.38. The van der Waals surface area contributed by atoms with Crippen LogP contribution in [0.15, 0.2) is 60.8 Å². The smallest absolute Gasteiger partial charge is 0.251 e. The van der Waals surface area contributed by atoms with Crippen molar-refractivity contribution in [3.8, 4) is 11.3 Å². The summed E-state index contributed by atoms with van der Waals surface area (Å²) in [7, 11) is 0. The maximum Gasteiger partial charge on any atom is 0.251 e. The highest BCUT2D eigenvalue weighted by molar-refractivity contribution is 5.94. The van der Waals surface area contributed by atoms with E-state index in [9.17, 15) is 4.79 Å². The van der Waals surface area contributed by atoms with E-state index >= 15 is 0 Å². The molecule has 1 atom stereocenters. The number of benzene rings is 2. The molecule has 7 heteroatoms. The second-order valence-corrected chi connectivity index (χ2v) is 8.72. The number of amides is 1. The Morgan fingerprint density at radius 2 is 1.79 bits per heavy atom. The van der Waals surface area contributed by atoms with Crippen LogP contribution in [0, 0.1) is 0 Å². The average Bonchev–Trinajstić information content (AvgIpc) is 3.42. The van der Waals surface area contributed by atoms with Crippen LogP contribution in [0.3, 0.4) is 0 Å². The molecule has 2 aliphatic heterocycles. The Labute approximate surface area is 200 Å². The van der Waals surface area contributed by atoms with E-state index in [1.54, 1.807) is 6.20 Å². The largest absolute Gasteiger partial charge is 0.378 e. The quantitative estimate of drug-likeness (QED) is 0.584. The number of aromatic nitrogens is 2. The molecule has 0 saturated carbocycles. The Hall–Kier alpha value is -3.29. The Balaban J connectivity index is 1.21. The summed E-state index contributed by atoms with van der Waals surface area (Å²) in [5.41, 5.74) is 4.84. The summed E-state index contributed by atoms with van der Waals surface area (Å²) in [6.07, 6.45) is 4.67. The highest BCUT2D eigenvalue weighted by Gasteiger charge is 2.17. The minimum absolute atomic E-state index is 0.0778. The van der Waals surface area contributed by atoms with E-state index in [-0.39, 0.29) is 12.0 Å². The van der Waals surface area contributed by atoms with E-state index in [4.69, 9.17) is 14.5 Å². The molecule has 1 amide bonds. The first-order chi connectivity index (χ1) is 16.7. The van der Waals surface area contributed by atoms with Gasteiger partial charge in [-0.2, -0.15) is 0 Å². The van der Waals surface area contributed by atoms with Gasteiger partial charge in [-0.05, 0) is 48.7 Å². The van der Waals surface area contributed by atoms with Gasteiger partial charge in [0.25, 0.3) is 5.91 Å². The predicted octanol–water partition coefficient (Wildman–Crippen LogP) is 3.48. The summed E-state index contributed by atoms with van der Waals surface area (Å²) in [5.74, 6) is 0.695. The molecule has 7 nitrogen and oxygen atoms in total. The zero-order valence-electron chi connectivity index (χ0n) is 19.3. The molecule has 0 bridgehead atoms. The summed E-state index contributed by atoms with van der Waals surface area (Å²) >= 11 is 0. The molecule has 2 fully saturated rings. The van der Waals surface area contributed by atoms with Crippen LogP contribution in [0.5, 0.6) is 0 Å². The van der Waals surface area contributed by atoms with Crippen molar-refractivity contribution in [2.75, 3.05) is 44.4 Å². The Kier molecular flexibility index (Phi) is 7.12. The third kappa shape index (κ3) is 5.61. The SMILES string of the molecule is O=C(NCC1CCCO1)c1ccc(-c2ccnc(Cc3ccc(N4CCOCC4)cc3)n2)cc1. The highest BCUT2D eigenvalue weighted by Crippen LogP contribution is 2.20. The van der Waals surface area contributed by atoms with Crippen LogP contribution in [-0.2, 0) is 15.9 Å². The number of nitrogens with one attached hydrogen (secondary N) is 1. The van der Waals surface area contributed by atoms with Gasteiger partial charge in [0.2, 0.25) is 0 Å². The molecule has 0 radical (unpaired) electrons. The van der Waals surface area contributed by atoms with E-state index in [0.29, 0.717) is 18.5 Å². The van der Waals surface area contributed by atoms with Crippen molar-refractivity contribution in [2.45, 2.75) is 25.4 Å². The molecule has 5 rings (SSSR count). The molecule has 176 valence electrons. The number of rotatable bonds is 7. The second kappa shape index (κ2) is 10.8.